The van der Waals surface area contributed by atoms with Gasteiger partial charge in [-0.15, -0.1) is 24.8 Å². The Bertz CT molecular complexity index is 395. The van der Waals surface area contributed by atoms with Crippen LogP contribution in [-0.4, -0.2) is 43.5 Å². The molecule has 20 heavy (non-hydrogen) atoms. The topological polar surface area (TPSA) is 49.6 Å². The highest BCUT2D eigenvalue weighted by Gasteiger charge is 2.24. The molecule has 0 atom stereocenters. The SMILES string of the molecule is CN(c1ccccc1)C1CCN(C(=O)CN)CC1.Cl.Cl. The fraction of sp³-hybridized carbons (Fsp3) is 0.500. The van der Waals surface area contributed by atoms with Gasteiger partial charge in [0.15, 0.2) is 0 Å². The summed E-state index contributed by atoms with van der Waals surface area (Å²) in [5.41, 5.74) is 6.62. The van der Waals surface area contributed by atoms with E-state index in [1.165, 1.54) is 5.69 Å². The van der Waals surface area contributed by atoms with E-state index in [2.05, 4.69) is 36.2 Å². The second kappa shape index (κ2) is 9.06. The lowest BCUT2D eigenvalue weighted by Gasteiger charge is -2.37. The van der Waals surface area contributed by atoms with E-state index >= 15 is 0 Å². The number of likely N-dealkylation sites (tertiary alicyclic amines) is 1. The minimum atomic E-state index is 0. The molecule has 1 saturated heterocycles. The number of halogens is 2. The minimum absolute atomic E-state index is 0. The van der Waals surface area contributed by atoms with E-state index in [0.717, 1.165) is 25.9 Å². The molecule has 114 valence electrons. The fourth-order valence-electron chi connectivity index (χ4n) is 2.51. The Hall–Kier alpha value is -0.970. The van der Waals surface area contributed by atoms with Crippen LogP contribution in [0.15, 0.2) is 30.3 Å². The number of piperidine rings is 1. The highest BCUT2D eigenvalue weighted by atomic mass is 35.5. The maximum Gasteiger partial charge on any atom is 0.236 e. The number of benzene rings is 1. The van der Waals surface area contributed by atoms with Gasteiger partial charge in [0.05, 0.1) is 6.54 Å². The zero-order chi connectivity index (χ0) is 13.0. The third-order valence-corrected chi connectivity index (χ3v) is 3.70. The summed E-state index contributed by atoms with van der Waals surface area (Å²) in [7, 11) is 2.13. The normalized spacial score (nSPS) is 15.0. The molecular formula is C14H23Cl2N3O. The summed E-state index contributed by atoms with van der Waals surface area (Å²) < 4.78 is 0. The van der Waals surface area contributed by atoms with Crippen molar-refractivity contribution in [2.24, 2.45) is 5.73 Å². The number of para-hydroxylation sites is 1. The Labute approximate surface area is 133 Å². The Morgan fingerprint density at radius 1 is 1.25 bits per heavy atom. The van der Waals surface area contributed by atoms with E-state index in [1.54, 1.807) is 0 Å². The van der Waals surface area contributed by atoms with Crippen molar-refractivity contribution < 1.29 is 4.79 Å². The van der Waals surface area contributed by atoms with E-state index in [9.17, 15) is 4.79 Å². The van der Waals surface area contributed by atoms with Gasteiger partial charge < -0.3 is 15.5 Å². The van der Waals surface area contributed by atoms with Crippen LogP contribution in [-0.2, 0) is 4.79 Å². The molecular weight excluding hydrogens is 297 g/mol. The van der Waals surface area contributed by atoms with E-state index in [-0.39, 0.29) is 37.3 Å². The van der Waals surface area contributed by atoms with Gasteiger partial charge in [0, 0.05) is 31.9 Å². The van der Waals surface area contributed by atoms with Crippen LogP contribution in [0.5, 0.6) is 0 Å². The van der Waals surface area contributed by atoms with Crippen molar-refractivity contribution in [2.75, 3.05) is 31.6 Å². The van der Waals surface area contributed by atoms with Gasteiger partial charge in [0.2, 0.25) is 5.91 Å². The molecule has 1 amide bonds. The Morgan fingerprint density at radius 3 is 2.30 bits per heavy atom. The van der Waals surface area contributed by atoms with Crippen LogP contribution in [0.25, 0.3) is 0 Å². The first-order valence-corrected chi connectivity index (χ1v) is 6.48. The molecule has 1 aromatic rings. The highest BCUT2D eigenvalue weighted by molar-refractivity contribution is 5.85. The molecule has 1 aliphatic rings. The lowest BCUT2D eigenvalue weighted by Crippen LogP contribution is -2.47. The molecule has 0 saturated carbocycles. The largest absolute Gasteiger partial charge is 0.371 e. The summed E-state index contributed by atoms with van der Waals surface area (Å²) >= 11 is 0. The maximum absolute atomic E-state index is 11.5. The average molecular weight is 320 g/mol. The first-order chi connectivity index (χ1) is 8.72. The number of hydrogen-bond donors (Lipinski definition) is 1. The van der Waals surface area contributed by atoms with Gasteiger partial charge in [0.25, 0.3) is 0 Å². The van der Waals surface area contributed by atoms with E-state index in [4.69, 9.17) is 5.73 Å². The van der Waals surface area contributed by atoms with Gasteiger partial charge in [-0.25, -0.2) is 0 Å². The van der Waals surface area contributed by atoms with Gasteiger partial charge in [-0.3, -0.25) is 4.79 Å². The molecule has 1 aliphatic heterocycles. The second-order valence-electron chi connectivity index (χ2n) is 4.76. The number of nitrogens with two attached hydrogens (primary N) is 1. The predicted molar refractivity (Wildman–Crippen MR) is 88.0 cm³/mol. The third-order valence-electron chi connectivity index (χ3n) is 3.70. The molecule has 0 spiro atoms. The average Bonchev–Trinajstić information content (AvgIpc) is 2.47. The lowest BCUT2D eigenvalue weighted by molar-refractivity contribution is -0.130. The summed E-state index contributed by atoms with van der Waals surface area (Å²) in [5.74, 6) is 0.0656. The van der Waals surface area contributed by atoms with Crippen molar-refractivity contribution in [1.29, 1.82) is 0 Å². The van der Waals surface area contributed by atoms with Crippen LogP contribution < -0.4 is 10.6 Å². The van der Waals surface area contributed by atoms with Gasteiger partial charge in [0.1, 0.15) is 0 Å². The van der Waals surface area contributed by atoms with E-state index in [0.29, 0.717) is 6.04 Å². The smallest absolute Gasteiger partial charge is 0.236 e. The summed E-state index contributed by atoms with van der Waals surface area (Å²) in [6.07, 6.45) is 2.02. The molecule has 4 nitrogen and oxygen atoms in total. The third kappa shape index (κ3) is 4.54. The number of hydrogen-bond acceptors (Lipinski definition) is 3. The zero-order valence-electron chi connectivity index (χ0n) is 11.7. The fourth-order valence-corrected chi connectivity index (χ4v) is 2.51. The standard InChI is InChI=1S/C14H21N3O.2ClH/c1-16(12-5-3-2-4-6-12)13-7-9-17(10-8-13)14(18)11-15;;/h2-6,13H,7-11,15H2,1H3;2*1H. The molecule has 0 aromatic heterocycles. The van der Waals surface area contributed by atoms with Gasteiger partial charge in [-0.05, 0) is 25.0 Å². The molecule has 6 heteroatoms. The molecule has 2 rings (SSSR count). The van der Waals surface area contributed by atoms with Crippen LogP contribution in [0.3, 0.4) is 0 Å². The number of nitrogens with zero attached hydrogens (tertiary/aromatic N) is 2. The summed E-state index contributed by atoms with van der Waals surface area (Å²) in [6.45, 7) is 1.76. The summed E-state index contributed by atoms with van der Waals surface area (Å²) in [5, 5.41) is 0. The molecule has 0 bridgehead atoms. The Morgan fingerprint density at radius 2 is 1.80 bits per heavy atom. The van der Waals surface area contributed by atoms with Crippen LogP contribution in [0.1, 0.15) is 12.8 Å². The number of carbonyl (C=O) groups excluding carboxylic acids is 1. The zero-order valence-corrected chi connectivity index (χ0v) is 13.3. The Kier molecular flexibility index (Phi) is 8.62. The van der Waals surface area contributed by atoms with Crippen LogP contribution in [0.4, 0.5) is 5.69 Å². The van der Waals surface area contributed by atoms with Crippen molar-refractivity contribution in [2.45, 2.75) is 18.9 Å². The van der Waals surface area contributed by atoms with Gasteiger partial charge >= 0.3 is 0 Å². The Balaban J connectivity index is 0.00000180. The molecule has 1 aromatic carbocycles. The number of amides is 1. The lowest BCUT2D eigenvalue weighted by atomic mass is 10.0. The van der Waals surface area contributed by atoms with Crippen molar-refractivity contribution in [1.82, 2.24) is 4.90 Å². The van der Waals surface area contributed by atoms with Gasteiger partial charge in [-0.1, -0.05) is 18.2 Å². The first-order valence-electron chi connectivity index (χ1n) is 6.48. The number of rotatable bonds is 3. The van der Waals surface area contributed by atoms with Crippen molar-refractivity contribution in [3.63, 3.8) is 0 Å². The second-order valence-corrected chi connectivity index (χ2v) is 4.76. The van der Waals surface area contributed by atoms with Crippen molar-refractivity contribution in [3.05, 3.63) is 30.3 Å². The summed E-state index contributed by atoms with van der Waals surface area (Å²) in [4.78, 5) is 15.7. The minimum Gasteiger partial charge on any atom is -0.371 e. The van der Waals surface area contributed by atoms with Crippen LogP contribution in [0.2, 0.25) is 0 Å². The molecule has 2 N–H and O–H groups in total. The van der Waals surface area contributed by atoms with Crippen molar-refractivity contribution in [3.8, 4) is 0 Å². The van der Waals surface area contributed by atoms with Crippen LogP contribution in [0, 0.1) is 0 Å². The molecule has 0 unspecified atom stereocenters. The predicted octanol–water partition coefficient (Wildman–Crippen LogP) is 1.92. The number of carbonyl (C=O) groups is 1. The monoisotopic (exact) mass is 319 g/mol. The molecule has 0 aliphatic carbocycles. The van der Waals surface area contributed by atoms with Crippen LogP contribution >= 0.6 is 24.8 Å². The molecule has 1 fully saturated rings. The van der Waals surface area contributed by atoms with Crippen molar-refractivity contribution >= 4 is 36.4 Å². The summed E-state index contributed by atoms with van der Waals surface area (Å²) in [6, 6.07) is 10.9. The highest BCUT2D eigenvalue weighted by Crippen LogP contribution is 2.21. The van der Waals surface area contributed by atoms with E-state index < -0.39 is 0 Å². The first kappa shape index (κ1) is 19.0. The van der Waals surface area contributed by atoms with Gasteiger partial charge in [-0.2, -0.15) is 0 Å². The molecule has 1 heterocycles. The molecule has 0 radical (unpaired) electrons. The number of anilines is 1. The van der Waals surface area contributed by atoms with E-state index in [1.807, 2.05) is 11.0 Å². The quantitative estimate of drug-likeness (QED) is 0.926. The maximum atomic E-state index is 11.5.